The topological polar surface area (TPSA) is 22.1 Å². The number of nitrogens with zero attached hydrogens (tertiary/aromatic N) is 1. The lowest BCUT2D eigenvalue weighted by molar-refractivity contribution is 0.413. The lowest BCUT2D eigenvalue weighted by atomic mass is 10.2. The van der Waals surface area contributed by atoms with Crippen molar-refractivity contribution in [3.63, 3.8) is 0 Å². The molecule has 0 aliphatic heterocycles. The smallest absolute Gasteiger partial charge is 0.138 e. The fourth-order valence-electron chi connectivity index (χ4n) is 1.32. The number of ether oxygens (including phenoxy) is 1. The Kier molecular flexibility index (Phi) is 3.96. The number of hydrogen-bond donors (Lipinski definition) is 0. The van der Waals surface area contributed by atoms with E-state index >= 15 is 0 Å². The maximum absolute atomic E-state index is 13.0. The van der Waals surface area contributed by atoms with Gasteiger partial charge in [-0.2, -0.15) is 0 Å². The molecule has 0 fully saturated rings. The average Bonchev–Trinajstić information content (AvgIpc) is 2.40. The van der Waals surface area contributed by atoms with Crippen LogP contribution in [0.3, 0.4) is 0 Å². The van der Waals surface area contributed by atoms with Gasteiger partial charge in [0, 0.05) is 17.3 Å². The van der Waals surface area contributed by atoms with Crippen LogP contribution < -0.4 is 4.74 Å². The molecule has 1 heterocycles. The molecule has 1 aromatic carbocycles. The zero-order chi connectivity index (χ0) is 13.0. The summed E-state index contributed by atoms with van der Waals surface area (Å²) in [4.78, 5) is 4.00. The van der Waals surface area contributed by atoms with Crippen LogP contribution in [0.15, 0.2) is 41.1 Å². The fraction of sp³-hybridized carbons (Fsp3) is 0.0714. The molecule has 0 N–H and O–H groups in total. The van der Waals surface area contributed by atoms with Crippen LogP contribution in [0.1, 0.15) is 11.1 Å². The minimum absolute atomic E-state index is 0.302. The third-order valence-corrected chi connectivity index (χ3v) is 2.83. The van der Waals surface area contributed by atoms with Crippen LogP contribution in [0.25, 0.3) is 0 Å². The second-order valence-corrected chi connectivity index (χ2v) is 4.35. The summed E-state index contributed by atoms with van der Waals surface area (Å²) in [6.07, 6.45) is 3.26. The molecule has 1 aromatic heterocycles. The minimum atomic E-state index is -0.302. The van der Waals surface area contributed by atoms with E-state index in [1.165, 1.54) is 6.07 Å². The van der Waals surface area contributed by atoms with E-state index in [0.717, 1.165) is 11.1 Å². The Bertz CT molecular complexity index is 631. The molecule has 90 valence electrons. The third-order valence-electron chi connectivity index (χ3n) is 2.22. The van der Waals surface area contributed by atoms with Crippen molar-refractivity contribution in [2.24, 2.45) is 0 Å². The summed E-state index contributed by atoms with van der Waals surface area (Å²) in [5, 5.41) is 0. The lowest BCUT2D eigenvalue weighted by Gasteiger charge is -1.97. The normalized spacial score (nSPS) is 9.50. The number of pyridine rings is 1. The number of rotatable bonds is 1. The summed E-state index contributed by atoms with van der Waals surface area (Å²) in [7, 11) is 1.57. The van der Waals surface area contributed by atoms with E-state index in [1.54, 1.807) is 37.7 Å². The Hall–Kier alpha value is -1.86. The van der Waals surface area contributed by atoms with Crippen molar-refractivity contribution in [2.75, 3.05) is 7.11 Å². The number of aromatic nitrogens is 1. The summed E-state index contributed by atoms with van der Waals surface area (Å²) in [6, 6.07) is 6.42. The van der Waals surface area contributed by atoms with Gasteiger partial charge in [0.1, 0.15) is 11.6 Å². The van der Waals surface area contributed by atoms with Gasteiger partial charge in [-0.3, -0.25) is 4.98 Å². The molecule has 0 aliphatic rings. The SMILES string of the molecule is COc1cncc(C#Cc2ccc(F)c(Br)c2)c1. The largest absolute Gasteiger partial charge is 0.495 e. The molecular weight excluding hydrogens is 297 g/mol. The molecule has 0 amide bonds. The quantitative estimate of drug-likeness (QED) is 0.754. The van der Waals surface area contributed by atoms with Crippen molar-refractivity contribution in [3.05, 3.63) is 58.1 Å². The number of methoxy groups -OCH3 is 1. The molecule has 0 saturated carbocycles. The maximum atomic E-state index is 13.0. The van der Waals surface area contributed by atoms with Gasteiger partial charge in [0.2, 0.25) is 0 Å². The second kappa shape index (κ2) is 5.65. The van der Waals surface area contributed by atoms with Crippen LogP contribution in [-0.2, 0) is 0 Å². The Balaban J connectivity index is 2.27. The van der Waals surface area contributed by atoms with E-state index in [4.69, 9.17) is 4.74 Å². The fourth-order valence-corrected chi connectivity index (χ4v) is 1.70. The highest BCUT2D eigenvalue weighted by atomic mass is 79.9. The Morgan fingerprint density at radius 2 is 1.94 bits per heavy atom. The first-order valence-corrected chi connectivity index (χ1v) is 5.94. The maximum Gasteiger partial charge on any atom is 0.138 e. The molecule has 0 unspecified atom stereocenters. The molecule has 0 spiro atoms. The van der Waals surface area contributed by atoms with Crippen LogP contribution in [0.4, 0.5) is 4.39 Å². The molecule has 18 heavy (non-hydrogen) atoms. The third kappa shape index (κ3) is 3.08. The summed E-state index contributed by atoms with van der Waals surface area (Å²) in [5.41, 5.74) is 1.47. The van der Waals surface area contributed by atoms with Gasteiger partial charge in [-0.25, -0.2) is 4.39 Å². The van der Waals surface area contributed by atoms with Crippen LogP contribution in [0.5, 0.6) is 5.75 Å². The summed E-state index contributed by atoms with van der Waals surface area (Å²) in [5.74, 6) is 6.24. The standard InChI is InChI=1S/C14H9BrFNO/c1-18-12-6-11(8-17-9-12)3-2-10-4-5-14(16)13(15)7-10/h4-9H,1H3. The Morgan fingerprint density at radius 1 is 1.17 bits per heavy atom. The Morgan fingerprint density at radius 3 is 2.67 bits per heavy atom. The number of halogens is 2. The summed E-state index contributed by atoms with van der Waals surface area (Å²) < 4.78 is 18.5. The van der Waals surface area contributed by atoms with Crippen molar-refractivity contribution in [3.8, 4) is 17.6 Å². The lowest BCUT2D eigenvalue weighted by Crippen LogP contribution is -1.86. The molecule has 0 aliphatic carbocycles. The predicted molar refractivity (Wildman–Crippen MR) is 70.9 cm³/mol. The van der Waals surface area contributed by atoms with Crippen LogP contribution in [-0.4, -0.2) is 12.1 Å². The second-order valence-electron chi connectivity index (χ2n) is 3.49. The van der Waals surface area contributed by atoms with Gasteiger partial charge in [-0.1, -0.05) is 11.8 Å². The van der Waals surface area contributed by atoms with Crippen LogP contribution in [0.2, 0.25) is 0 Å². The van der Waals surface area contributed by atoms with Gasteiger partial charge in [-0.05, 0) is 40.2 Å². The molecule has 0 bridgehead atoms. The van der Waals surface area contributed by atoms with E-state index in [9.17, 15) is 4.39 Å². The monoisotopic (exact) mass is 305 g/mol. The Labute approximate surface area is 113 Å². The first-order chi connectivity index (χ1) is 8.69. The molecule has 2 nitrogen and oxygen atoms in total. The van der Waals surface area contributed by atoms with Crippen molar-refractivity contribution in [1.29, 1.82) is 0 Å². The summed E-state index contributed by atoms with van der Waals surface area (Å²) in [6.45, 7) is 0. The van der Waals surface area contributed by atoms with Gasteiger partial charge >= 0.3 is 0 Å². The molecule has 2 aromatic rings. The number of benzene rings is 1. The highest BCUT2D eigenvalue weighted by Crippen LogP contribution is 2.16. The predicted octanol–water partition coefficient (Wildman–Crippen LogP) is 3.39. The first kappa shape index (κ1) is 12.6. The molecule has 4 heteroatoms. The highest BCUT2D eigenvalue weighted by Gasteiger charge is 1.98. The molecular formula is C14H9BrFNO. The molecule has 0 radical (unpaired) electrons. The van der Waals surface area contributed by atoms with Gasteiger partial charge < -0.3 is 4.74 Å². The molecule has 0 atom stereocenters. The van der Waals surface area contributed by atoms with Crippen molar-refractivity contribution < 1.29 is 9.13 Å². The van der Waals surface area contributed by atoms with Gasteiger partial charge in [-0.15, -0.1) is 0 Å². The van der Waals surface area contributed by atoms with E-state index in [-0.39, 0.29) is 5.82 Å². The van der Waals surface area contributed by atoms with Gasteiger partial charge in [0.05, 0.1) is 17.8 Å². The van der Waals surface area contributed by atoms with E-state index in [0.29, 0.717) is 10.2 Å². The molecule has 2 rings (SSSR count). The minimum Gasteiger partial charge on any atom is -0.495 e. The van der Waals surface area contributed by atoms with Gasteiger partial charge in [0.15, 0.2) is 0 Å². The number of hydrogen-bond acceptors (Lipinski definition) is 2. The zero-order valence-electron chi connectivity index (χ0n) is 9.58. The van der Waals surface area contributed by atoms with Crippen LogP contribution >= 0.6 is 15.9 Å². The van der Waals surface area contributed by atoms with Crippen molar-refractivity contribution in [1.82, 2.24) is 4.98 Å². The summed E-state index contributed by atoms with van der Waals surface area (Å²) >= 11 is 3.12. The van der Waals surface area contributed by atoms with Crippen molar-refractivity contribution >= 4 is 15.9 Å². The first-order valence-electron chi connectivity index (χ1n) is 5.15. The average molecular weight is 306 g/mol. The van der Waals surface area contributed by atoms with E-state index in [2.05, 4.69) is 32.8 Å². The molecule has 0 saturated heterocycles. The van der Waals surface area contributed by atoms with E-state index < -0.39 is 0 Å². The van der Waals surface area contributed by atoms with E-state index in [1.807, 2.05) is 0 Å². The highest BCUT2D eigenvalue weighted by molar-refractivity contribution is 9.10. The van der Waals surface area contributed by atoms with Crippen molar-refractivity contribution in [2.45, 2.75) is 0 Å². The zero-order valence-corrected chi connectivity index (χ0v) is 11.2. The van der Waals surface area contributed by atoms with Crippen LogP contribution in [0, 0.1) is 17.7 Å². The van der Waals surface area contributed by atoms with Gasteiger partial charge in [0.25, 0.3) is 0 Å².